The van der Waals surface area contributed by atoms with Crippen molar-refractivity contribution in [2.45, 2.75) is 32.7 Å². The van der Waals surface area contributed by atoms with E-state index in [1.807, 2.05) is 35.9 Å². The Kier molecular flexibility index (Phi) is 4.47. The Balaban J connectivity index is 1.62. The molecule has 140 valence electrons. The maximum absolute atomic E-state index is 12.8. The molecule has 7 heteroatoms. The maximum atomic E-state index is 12.8. The van der Waals surface area contributed by atoms with Crippen molar-refractivity contribution in [2.75, 3.05) is 13.6 Å². The van der Waals surface area contributed by atoms with Crippen molar-refractivity contribution in [1.82, 2.24) is 20.0 Å². The van der Waals surface area contributed by atoms with Crippen LogP contribution in [0, 0.1) is 13.8 Å². The van der Waals surface area contributed by atoms with E-state index in [1.54, 1.807) is 11.9 Å². The number of thiophene rings is 1. The van der Waals surface area contributed by atoms with E-state index in [4.69, 9.17) is 0 Å². The van der Waals surface area contributed by atoms with Crippen LogP contribution in [-0.4, -0.2) is 46.1 Å². The molecule has 1 fully saturated rings. The molecule has 4 rings (SSSR count). The van der Waals surface area contributed by atoms with E-state index >= 15 is 0 Å². The predicted molar refractivity (Wildman–Crippen MR) is 107 cm³/mol. The number of hydrogen-bond donors (Lipinski definition) is 1. The first kappa shape index (κ1) is 17.7. The summed E-state index contributed by atoms with van der Waals surface area (Å²) in [5.74, 6) is 0.0518. The summed E-state index contributed by atoms with van der Waals surface area (Å²) < 4.78 is 1.93. The van der Waals surface area contributed by atoms with E-state index < -0.39 is 0 Å². The molecule has 3 heterocycles. The Hall–Kier alpha value is -2.67. The van der Waals surface area contributed by atoms with Gasteiger partial charge in [0.2, 0.25) is 5.91 Å². The number of hydrogen-bond acceptors (Lipinski definition) is 4. The fraction of sp³-hybridized carbons (Fsp3) is 0.350. The molecule has 3 aromatic rings. The number of para-hydroxylation sites is 1. The van der Waals surface area contributed by atoms with E-state index in [0.717, 1.165) is 27.2 Å². The standard InChI is InChI=1S/C20H22N4O2S/c1-12-6-4-5-7-16(12)24-20-15(13(2)22-24)10-17(27-20)19(26)21-14-8-9-18(25)23(3)11-14/h4-7,10,14H,8-9,11H2,1-3H3,(H,21,26). The highest BCUT2D eigenvalue weighted by Gasteiger charge is 2.25. The number of benzene rings is 1. The average Bonchev–Trinajstić information content (AvgIpc) is 3.20. The number of likely N-dealkylation sites (tertiary alicyclic amines) is 1. The van der Waals surface area contributed by atoms with Crippen molar-refractivity contribution < 1.29 is 9.59 Å². The fourth-order valence-corrected chi connectivity index (χ4v) is 4.59. The summed E-state index contributed by atoms with van der Waals surface area (Å²) in [6.07, 6.45) is 1.17. The normalized spacial score (nSPS) is 17.5. The largest absolute Gasteiger partial charge is 0.347 e. The fourth-order valence-electron chi connectivity index (χ4n) is 3.51. The summed E-state index contributed by atoms with van der Waals surface area (Å²) in [7, 11) is 1.78. The smallest absolute Gasteiger partial charge is 0.261 e. The molecule has 1 N–H and O–H groups in total. The summed E-state index contributed by atoms with van der Waals surface area (Å²) in [6, 6.07) is 10.0. The monoisotopic (exact) mass is 382 g/mol. The van der Waals surface area contributed by atoms with Crippen molar-refractivity contribution in [3.8, 4) is 5.69 Å². The minimum Gasteiger partial charge on any atom is -0.347 e. The van der Waals surface area contributed by atoms with Crippen LogP contribution in [0.2, 0.25) is 0 Å². The van der Waals surface area contributed by atoms with Crippen LogP contribution >= 0.6 is 11.3 Å². The Morgan fingerprint density at radius 1 is 1.30 bits per heavy atom. The second-order valence-electron chi connectivity index (χ2n) is 7.10. The van der Waals surface area contributed by atoms with Crippen LogP contribution < -0.4 is 5.32 Å². The van der Waals surface area contributed by atoms with E-state index in [-0.39, 0.29) is 17.9 Å². The van der Waals surface area contributed by atoms with Gasteiger partial charge in [0.25, 0.3) is 5.91 Å². The van der Waals surface area contributed by atoms with Gasteiger partial charge in [-0.15, -0.1) is 11.3 Å². The molecule has 27 heavy (non-hydrogen) atoms. The molecule has 1 aliphatic rings. The van der Waals surface area contributed by atoms with Crippen LogP contribution in [0.3, 0.4) is 0 Å². The highest BCUT2D eigenvalue weighted by Crippen LogP contribution is 2.31. The zero-order chi connectivity index (χ0) is 19.1. The molecule has 0 spiro atoms. The number of piperidine rings is 1. The molecule has 0 radical (unpaired) electrons. The SMILES string of the molecule is Cc1ccccc1-n1nc(C)c2cc(C(=O)NC3CCC(=O)N(C)C3)sc21. The Bertz CT molecular complexity index is 1040. The molecule has 1 saturated heterocycles. The van der Waals surface area contributed by atoms with Crippen LogP contribution in [-0.2, 0) is 4.79 Å². The van der Waals surface area contributed by atoms with Gasteiger partial charge in [-0.2, -0.15) is 5.10 Å². The van der Waals surface area contributed by atoms with Crippen LogP contribution in [0.25, 0.3) is 15.9 Å². The van der Waals surface area contributed by atoms with Gasteiger partial charge in [-0.25, -0.2) is 4.68 Å². The molecule has 1 unspecified atom stereocenters. The van der Waals surface area contributed by atoms with Crippen molar-refractivity contribution in [2.24, 2.45) is 0 Å². The van der Waals surface area contributed by atoms with E-state index in [2.05, 4.69) is 23.4 Å². The van der Waals surface area contributed by atoms with Crippen molar-refractivity contribution >= 4 is 33.4 Å². The molecule has 2 aromatic heterocycles. The molecule has 0 aliphatic carbocycles. The molecule has 2 amide bonds. The predicted octanol–water partition coefficient (Wildman–Crippen LogP) is 3.05. The molecule has 0 saturated carbocycles. The Morgan fingerprint density at radius 2 is 2.07 bits per heavy atom. The van der Waals surface area contributed by atoms with Gasteiger partial charge in [0.05, 0.1) is 16.3 Å². The van der Waals surface area contributed by atoms with Gasteiger partial charge < -0.3 is 10.2 Å². The van der Waals surface area contributed by atoms with Gasteiger partial charge in [-0.05, 0) is 38.0 Å². The third-order valence-corrected chi connectivity index (χ3v) is 6.18. The number of nitrogens with zero attached hydrogens (tertiary/aromatic N) is 3. The average molecular weight is 382 g/mol. The zero-order valence-electron chi connectivity index (χ0n) is 15.7. The van der Waals surface area contributed by atoms with Gasteiger partial charge in [-0.3, -0.25) is 9.59 Å². The lowest BCUT2D eigenvalue weighted by Crippen LogP contribution is -2.48. The quantitative estimate of drug-likeness (QED) is 0.757. The van der Waals surface area contributed by atoms with Gasteiger partial charge in [0.15, 0.2) is 0 Å². The van der Waals surface area contributed by atoms with Crippen LogP contribution in [0.4, 0.5) is 0 Å². The molecular formula is C20H22N4O2S. The third kappa shape index (κ3) is 3.23. The lowest BCUT2D eigenvalue weighted by atomic mass is 10.1. The second kappa shape index (κ2) is 6.81. The first-order valence-electron chi connectivity index (χ1n) is 9.04. The summed E-state index contributed by atoms with van der Waals surface area (Å²) >= 11 is 1.45. The lowest BCUT2D eigenvalue weighted by Gasteiger charge is -2.29. The summed E-state index contributed by atoms with van der Waals surface area (Å²) in [4.78, 5) is 27.7. The molecule has 1 aliphatic heterocycles. The first-order chi connectivity index (χ1) is 12.9. The summed E-state index contributed by atoms with van der Waals surface area (Å²) in [5, 5.41) is 8.75. The van der Waals surface area contributed by atoms with Gasteiger partial charge in [0.1, 0.15) is 4.83 Å². The molecule has 1 atom stereocenters. The number of carbonyl (C=O) groups is 2. The highest BCUT2D eigenvalue weighted by molar-refractivity contribution is 7.20. The molecule has 1 aromatic carbocycles. The van der Waals surface area contributed by atoms with Gasteiger partial charge in [-0.1, -0.05) is 18.2 Å². The Morgan fingerprint density at radius 3 is 2.81 bits per heavy atom. The number of carbonyl (C=O) groups excluding carboxylic acids is 2. The molecule has 0 bridgehead atoms. The topological polar surface area (TPSA) is 67.2 Å². The second-order valence-corrected chi connectivity index (χ2v) is 8.13. The highest BCUT2D eigenvalue weighted by atomic mass is 32.1. The van der Waals surface area contributed by atoms with Crippen LogP contribution in [0.1, 0.15) is 33.8 Å². The van der Waals surface area contributed by atoms with Crippen LogP contribution in [0.5, 0.6) is 0 Å². The summed E-state index contributed by atoms with van der Waals surface area (Å²) in [5.41, 5.74) is 3.07. The summed E-state index contributed by atoms with van der Waals surface area (Å²) in [6.45, 7) is 4.58. The van der Waals surface area contributed by atoms with Gasteiger partial charge >= 0.3 is 0 Å². The minimum absolute atomic E-state index is 0.000578. The molecule has 6 nitrogen and oxygen atoms in total. The number of aryl methyl sites for hydroxylation is 2. The van der Waals surface area contributed by atoms with Crippen LogP contribution in [0.15, 0.2) is 30.3 Å². The minimum atomic E-state index is -0.0836. The third-order valence-electron chi connectivity index (χ3n) is 5.07. The number of nitrogens with one attached hydrogen (secondary N) is 1. The molecular weight excluding hydrogens is 360 g/mol. The van der Waals surface area contributed by atoms with Gasteiger partial charge in [0, 0.05) is 31.4 Å². The maximum Gasteiger partial charge on any atom is 0.261 e. The lowest BCUT2D eigenvalue weighted by molar-refractivity contribution is -0.132. The van der Waals surface area contributed by atoms with Crippen molar-refractivity contribution in [3.63, 3.8) is 0 Å². The number of aromatic nitrogens is 2. The van der Waals surface area contributed by atoms with E-state index in [9.17, 15) is 9.59 Å². The first-order valence-corrected chi connectivity index (χ1v) is 9.85. The number of fused-ring (bicyclic) bond motifs is 1. The van der Waals surface area contributed by atoms with Crippen molar-refractivity contribution in [1.29, 1.82) is 0 Å². The number of likely N-dealkylation sites (N-methyl/N-ethyl adjacent to an activating group) is 1. The van der Waals surface area contributed by atoms with Crippen molar-refractivity contribution in [3.05, 3.63) is 46.5 Å². The van der Waals surface area contributed by atoms with E-state index in [0.29, 0.717) is 24.3 Å². The van der Waals surface area contributed by atoms with E-state index in [1.165, 1.54) is 11.3 Å². The number of amides is 2. The number of rotatable bonds is 3. The zero-order valence-corrected chi connectivity index (χ0v) is 16.5. The Labute approximate surface area is 161 Å².